The second kappa shape index (κ2) is 5.78. The lowest BCUT2D eigenvalue weighted by Crippen LogP contribution is -2.41. The van der Waals surface area contributed by atoms with Gasteiger partial charge in [0.1, 0.15) is 5.82 Å². The highest BCUT2D eigenvalue weighted by molar-refractivity contribution is 6.30. The van der Waals surface area contributed by atoms with Crippen molar-refractivity contribution in [2.75, 3.05) is 6.54 Å². The van der Waals surface area contributed by atoms with Crippen molar-refractivity contribution in [3.8, 4) is 0 Å². The summed E-state index contributed by atoms with van der Waals surface area (Å²) in [7, 11) is 0. The molecule has 1 aromatic rings. The van der Waals surface area contributed by atoms with Gasteiger partial charge in [0.2, 0.25) is 0 Å². The van der Waals surface area contributed by atoms with Crippen molar-refractivity contribution < 1.29 is 9.50 Å². The molecule has 0 aliphatic heterocycles. The molecule has 3 atom stereocenters. The average Bonchev–Trinajstić information content (AvgIpc) is 2.41. The van der Waals surface area contributed by atoms with Gasteiger partial charge in [0.05, 0.1) is 11.1 Å². The molecule has 1 aromatic carbocycles. The molecule has 4 heteroatoms. The first-order chi connectivity index (χ1) is 9.00. The number of benzene rings is 1. The highest BCUT2D eigenvalue weighted by Crippen LogP contribution is 2.48. The molecule has 1 fully saturated rings. The van der Waals surface area contributed by atoms with Crippen LogP contribution >= 0.6 is 11.6 Å². The Hall–Kier alpha value is -0.640. The zero-order valence-corrected chi connectivity index (χ0v) is 12.0. The molecule has 19 heavy (non-hydrogen) atoms. The molecule has 0 amide bonds. The van der Waals surface area contributed by atoms with E-state index in [9.17, 15) is 9.50 Å². The van der Waals surface area contributed by atoms with Gasteiger partial charge in [-0.1, -0.05) is 43.5 Å². The zero-order chi connectivity index (χ0) is 14.0. The van der Waals surface area contributed by atoms with Gasteiger partial charge in [-0.15, -0.1) is 0 Å². The van der Waals surface area contributed by atoms with Crippen LogP contribution in [-0.2, 0) is 0 Å². The van der Waals surface area contributed by atoms with Gasteiger partial charge < -0.3 is 10.8 Å². The molecular weight excluding hydrogens is 265 g/mol. The van der Waals surface area contributed by atoms with E-state index in [4.69, 9.17) is 17.3 Å². The molecule has 0 heterocycles. The lowest BCUT2D eigenvalue weighted by atomic mass is 9.65. The maximum atomic E-state index is 14.1. The van der Waals surface area contributed by atoms with E-state index < -0.39 is 17.3 Å². The van der Waals surface area contributed by atoms with Crippen LogP contribution in [0.3, 0.4) is 0 Å². The quantitative estimate of drug-likeness (QED) is 0.890. The largest absolute Gasteiger partial charge is 0.388 e. The third-order valence-electron chi connectivity index (χ3n) is 4.39. The van der Waals surface area contributed by atoms with Gasteiger partial charge in [-0.25, -0.2) is 4.39 Å². The molecule has 106 valence electrons. The molecule has 1 aliphatic carbocycles. The third kappa shape index (κ3) is 2.78. The Kier molecular flexibility index (Phi) is 4.49. The Balaban J connectivity index is 2.35. The summed E-state index contributed by atoms with van der Waals surface area (Å²) in [6.45, 7) is 2.52. The van der Waals surface area contributed by atoms with E-state index in [0.717, 1.165) is 25.7 Å². The topological polar surface area (TPSA) is 46.2 Å². The van der Waals surface area contributed by atoms with Crippen molar-refractivity contribution in [2.24, 2.45) is 17.1 Å². The van der Waals surface area contributed by atoms with Crippen LogP contribution < -0.4 is 5.73 Å². The van der Waals surface area contributed by atoms with Gasteiger partial charge in [0.25, 0.3) is 0 Å². The minimum Gasteiger partial charge on any atom is -0.388 e. The predicted molar refractivity (Wildman–Crippen MR) is 75.5 cm³/mol. The number of halogens is 2. The van der Waals surface area contributed by atoms with Crippen LogP contribution in [0.4, 0.5) is 4.39 Å². The lowest BCUT2D eigenvalue weighted by molar-refractivity contribution is -0.0150. The number of rotatable bonds is 3. The van der Waals surface area contributed by atoms with Crippen LogP contribution in [0, 0.1) is 17.2 Å². The molecule has 1 saturated carbocycles. The van der Waals surface area contributed by atoms with Crippen LogP contribution in [0.5, 0.6) is 0 Å². The molecule has 0 saturated heterocycles. The van der Waals surface area contributed by atoms with Crippen molar-refractivity contribution in [1.82, 2.24) is 0 Å². The molecule has 0 radical (unpaired) electrons. The van der Waals surface area contributed by atoms with Gasteiger partial charge in [-0.3, -0.25) is 0 Å². The Morgan fingerprint density at radius 1 is 1.58 bits per heavy atom. The van der Waals surface area contributed by atoms with Crippen molar-refractivity contribution in [3.63, 3.8) is 0 Å². The fraction of sp³-hybridized carbons (Fsp3) is 0.600. The highest BCUT2D eigenvalue weighted by atomic mass is 35.5. The summed E-state index contributed by atoms with van der Waals surface area (Å²) < 4.78 is 14.1. The number of hydrogen-bond donors (Lipinski definition) is 2. The zero-order valence-electron chi connectivity index (χ0n) is 11.2. The standard InChI is InChI=1S/C15H21ClFNO/c1-10-4-3-7-15(8-10,9-18)14(19)11-5-2-6-12(16)13(11)17/h2,5-6,10,14,19H,3-4,7-9,18H2,1H3. The minimum atomic E-state index is -0.890. The molecular formula is C15H21ClFNO. The maximum absolute atomic E-state index is 14.1. The van der Waals surface area contributed by atoms with Gasteiger partial charge in [-0.2, -0.15) is 0 Å². The minimum absolute atomic E-state index is 0.0487. The highest BCUT2D eigenvalue weighted by Gasteiger charge is 2.41. The molecule has 0 spiro atoms. The fourth-order valence-corrected chi connectivity index (χ4v) is 3.49. The van der Waals surface area contributed by atoms with Crippen molar-refractivity contribution in [1.29, 1.82) is 0 Å². The maximum Gasteiger partial charge on any atom is 0.147 e. The molecule has 3 unspecified atom stereocenters. The van der Waals surface area contributed by atoms with Crippen LogP contribution in [0.2, 0.25) is 5.02 Å². The molecule has 2 nitrogen and oxygen atoms in total. The second-order valence-corrected chi connectivity index (χ2v) is 6.22. The predicted octanol–water partition coefficient (Wildman–Crippen LogP) is 3.67. The van der Waals surface area contributed by atoms with Gasteiger partial charge in [-0.05, 0) is 24.8 Å². The van der Waals surface area contributed by atoms with E-state index in [1.807, 2.05) is 0 Å². The SMILES string of the molecule is CC1CCCC(CN)(C(O)c2cccc(Cl)c2F)C1. The first-order valence-electron chi connectivity index (χ1n) is 6.82. The van der Waals surface area contributed by atoms with Gasteiger partial charge >= 0.3 is 0 Å². The summed E-state index contributed by atoms with van der Waals surface area (Å²) in [5.41, 5.74) is 5.75. The molecule has 0 aromatic heterocycles. The van der Waals surface area contributed by atoms with Gasteiger partial charge in [0, 0.05) is 17.5 Å². The summed E-state index contributed by atoms with van der Waals surface area (Å²) in [6.07, 6.45) is 2.95. The Morgan fingerprint density at radius 3 is 2.95 bits per heavy atom. The Labute approximate surface area is 118 Å². The summed E-state index contributed by atoms with van der Waals surface area (Å²) in [4.78, 5) is 0. The van der Waals surface area contributed by atoms with Crippen LogP contribution in [-0.4, -0.2) is 11.7 Å². The first-order valence-corrected chi connectivity index (χ1v) is 7.20. The summed E-state index contributed by atoms with van der Waals surface area (Å²) in [5.74, 6) is -0.0167. The van der Waals surface area contributed by atoms with Crippen molar-refractivity contribution in [2.45, 2.75) is 38.7 Å². The van der Waals surface area contributed by atoms with E-state index in [2.05, 4.69) is 6.92 Å². The van der Waals surface area contributed by atoms with Crippen molar-refractivity contribution in [3.05, 3.63) is 34.6 Å². The normalized spacial score (nSPS) is 29.2. The summed E-state index contributed by atoms with van der Waals surface area (Å²) in [6, 6.07) is 4.76. The van der Waals surface area contributed by atoms with E-state index in [-0.39, 0.29) is 10.6 Å². The van der Waals surface area contributed by atoms with Crippen LogP contribution in [0.15, 0.2) is 18.2 Å². The van der Waals surface area contributed by atoms with Gasteiger partial charge in [0.15, 0.2) is 0 Å². The van der Waals surface area contributed by atoms with Crippen LogP contribution in [0.25, 0.3) is 0 Å². The summed E-state index contributed by atoms with van der Waals surface area (Å²) in [5, 5.41) is 10.7. The number of aliphatic hydroxyl groups excluding tert-OH is 1. The monoisotopic (exact) mass is 285 g/mol. The smallest absolute Gasteiger partial charge is 0.147 e. The Morgan fingerprint density at radius 2 is 2.32 bits per heavy atom. The van der Waals surface area contributed by atoms with Crippen LogP contribution in [0.1, 0.15) is 44.3 Å². The molecule has 1 aliphatic rings. The Bertz CT molecular complexity index is 454. The van der Waals surface area contributed by atoms with E-state index in [1.165, 1.54) is 6.07 Å². The van der Waals surface area contributed by atoms with Crippen molar-refractivity contribution >= 4 is 11.6 Å². The van der Waals surface area contributed by atoms with E-state index in [1.54, 1.807) is 12.1 Å². The number of nitrogens with two attached hydrogens (primary N) is 1. The summed E-state index contributed by atoms with van der Waals surface area (Å²) >= 11 is 5.80. The third-order valence-corrected chi connectivity index (χ3v) is 4.68. The lowest BCUT2D eigenvalue weighted by Gasteiger charge is -2.43. The average molecular weight is 286 g/mol. The fourth-order valence-electron chi connectivity index (χ4n) is 3.31. The first kappa shape index (κ1) is 14.8. The number of hydrogen-bond acceptors (Lipinski definition) is 2. The molecule has 0 bridgehead atoms. The molecule has 3 N–H and O–H groups in total. The second-order valence-electron chi connectivity index (χ2n) is 5.81. The van der Waals surface area contributed by atoms with E-state index >= 15 is 0 Å². The number of aliphatic hydroxyl groups is 1. The van der Waals surface area contributed by atoms with E-state index in [0.29, 0.717) is 12.5 Å². The molecule has 2 rings (SSSR count).